The van der Waals surface area contributed by atoms with Gasteiger partial charge in [0.2, 0.25) is 0 Å². The van der Waals surface area contributed by atoms with E-state index in [9.17, 15) is 4.79 Å². The first-order valence-electron chi connectivity index (χ1n) is 7.16. The fraction of sp³-hybridized carbons (Fsp3) is 0.353. The third-order valence-electron chi connectivity index (χ3n) is 3.54. The normalized spacial score (nSPS) is 10.7. The Morgan fingerprint density at radius 3 is 2.55 bits per heavy atom. The van der Waals surface area contributed by atoms with Gasteiger partial charge in [-0.2, -0.15) is 0 Å². The van der Waals surface area contributed by atoms with Crippen LogP contribution in [0, 0.1) is 0 Å². The number of nitrogens with two attached hydrogens (primary N) is 1. The van der Waals surface area contributed by atoms with Crippen LogP contribution in [0.3, 0.4) is 0 Å². The van der Waals surface area contributed by atoms with Crippen LogP contribution in [0.4, 0.5) is 0 Å². The molecule has 2 N–H and O–H groups in total. The van der Waals surface area contributed by atoms with E-state index in [0.29, 0.717) is 0 Å². The lowest BCUT2D eigenvalue weighted by Crippen LogP contribution is -2.27. The average Bonchev–Trinajstić information content (AvgIpc) is 2.50. The molecule has 106 valence electrons. The zero-order valence-corrected chi connectivity index (χ0v) is 12.0. The van der Waals surface area contributed by atoms with Crippen LogP contribution in [-0.2, 0) is 0 Å². The highest BCUT2D eigenvalue weighted by molar-refractivity contribution is 5.98. The van der Waals surface area contributed by atoms with Gasteiger partial charge in [-0.1, -0.05) is 36.8 Å². The summed E-state index contributed by atoms with van der Waals surface area (Å²) in [6, 6.07) is 14.0. The molecule has 0 atom stereocenters. The maximum absolute atomic E-state index is 12.4. The molecule has 1 amide bonds. The molecule has 2 aromatic rings. The molecule has 0 heterocycles. The second-order valence-corrected chi connectivity index (χ2v) is 5.14. The smallest absolute Gasteiger partial charge is 0.253 e. The molecule has 0 aliphatic carbocycles. The lowest BCUT2D eigenvalue weighted by Gasteiger charge is -2.17. The lowest BCUT2D eigenvalue weighted by atomic mass is 10.1. The summed E-state index contributed by atoms with van der Waals surface area (Å²) in [5.41, 5.74) is 6.22. The monoisotopic (exact) mass is 270 g/mol. The SMILES string of the molecule is CN(CCCCCN)C(=O)c1ccc2ccccc2c1. The number of carbonyl (C=O) groups excluding carboxylic acids is 1. The summed E-state index contributed by atoms with van der Waals surface area (Å²) >= 11 is 0. The van der Waals surface area contributed by atoms with Crippen LogP contribution in [0.15, 0.2) is 42.5 Å². The van der Waals surface area contributed by atoms with Crippen LogP contribution in [0.2, 0.25) is 0 Å². The molecule has 0 radical (unpaired) electrons. The third-order valence-corrected chi connectivity index (χ3v) is 3.54. The van der Waals surface area contributed by atoms with Gasteiger partial charge in [0.1, 0.15) is 0 Å². The number of unbranched alkanes of at least 4 members (excludes halogenated alkanes) is 2. The molecule has 0 aromatic heterocycles. The Hall–Kier alpha value is -1.87. The molecule has 0 spiro atoms. The minimum Gasteiger partial charge on any atom is -0.342 e. The van der Waals surface area contributed by atoms with Crippen molar-refractivity contribution >= 4 is 16.7 Å². The number of hydrogen-bond acceptors (Lipinski definition) is 2. The van der Waals surface area contributed by atoms with Crippen molar-refractivity contribution in [2.45, 2.75) is 19.3 Å². The Labute approximate surface area is 120 Å². The van der Waals surface area contributed by atoms with Crippen LogP contribution in [-0.4, -0.2) is 30.9 Å². The van der Waals surface area contributed by atoms with E-state index in [0.717, 1.165) is 48.7 Å². The standard InChI is InChI=1S/C17H22N2O/c1-19(12-6-2-5-11-18)17(20)16-10-9-14-7-3-4-8-15(14)13-16/h3-4,7-10,13H,2,5-6,11-12,18H2,1H3. The number of fused-ring (bicyclic) bond motifs is 1. The van der Waals surface area contributed by atoms with Gasteiger partial charge in [-0.3, -0.25) is 4.79 Å². The fourth-order valence-electron chi connectivity index (χ4n) is 2.31. The van der Waals surface area contributed by atoms with Crippen LogP contribution in [0.5, 0.6) is 0 Å². The Morgan fingerprint density at radius 2 is 1.80 bits per heavy atom. The highest BCUT2D eigenvalue weighted by atomic mass is 16.2. The van der Waals surface area contributed by atoms with Crippen molar-refractivity contribution in [1.82, 2.24) is 4.90 Å². The van der Waals surface area contributed by atoms with E-state index < -0.39 is 0 Å². The molecule has 2 aromatic carbocycles. The molecule has 0 saturated carbocycles. The summed E-state index contributed by atoms with van der Waals surface area (Å²) in [5, 5.41) is 2.27. The van der Waals surface area contributed by atoms with Crippen LogP contribution >= 0.6 is 0 Å². The molecule has 3 heteroatoms. The summed E-state index contributed by atoms with van der Waals surface area (Å²) < 4.78 is 0. The quantitative estimate of drug-likeness (QED) is 0.820. The molecular weight excluding hydrogens is 248 g/mol. The van der Waals surface area contributed by atoms with Crippen molar-refractivity contribution in [2.24, 2.45) is 5.73 Å². The molecule has 0 saturated heterocycles. The molecule has 0 aliphatic rings. The highest BCUT2D eigenvalue weighted by Crippen LogP contribution is 2.16. The number of rotatable bonds is 6. The van der Waals surface area contributed by atoms with Gasteiger partial charge in [-0.15, -0.1) is 0 Å². The predicted molar refractivity (Wildman–Crippen MR) is 83.8 cm³/mol. The first kappa shape index (κ1) is 14.5. The summed E-state index contributed by atoms with van der Waals surface area (Å²) in [7, 11) is 1.86. The molecule has 0 fully saturated rings. The molecule has 0 bridgehead atoms. The van der Waals surface area contributed by atoms with Gasteiger partial charge < -0.3 is 10.6 Å². The zero-order chi connectivity index (χ0) is 14.4. The summed E-state index contributed by atoms with van der Waals surface area (Å²) in [6.07, 6.45) is 3.11. The van der Waals surface area contributed by atoms with Gasteiger partial charge in [0.05, 0.1) is 0 Å². The predicted octanol–water partition coefficient (Wildman–Crippen LogP) is 3.04. The van der Waals surface area contributed by atoms with Gasteiger partial charge in [-0.05, 0) is 42.3 Å². The summed E-state index contributed by atoms with van der Waals surface area (Å²) in [5.74, 6) is 0.0866. The largest absolute Gasteiger partial charge is 0.342 e. The number of carbonyl (C=O) groups is 1. The van der Waals surface area contributed by atoms with E-state index in [1.54, 1.807) is 4.90 Å². The summed E-state index contributed by atoms with van der Waals surface area (Å²) in [6.45, 7) is 1.51. The third kappa shape index (κ3) is 3.58. The van der Waals surface area contributed by atoms with Crippen molar-refractivity contribution in [1.29, 1.82) is 0 Å². The fourth-order valence-corrected chi connectivity index (χ4v) is 2.31. The van der Waals surface area contributed by atoms with Gasteiger partial charge in [0.15, 0.2) is 0 Å². The average molecular weight is 270 g/mol. The van der Waals surface area contributed by atoms with E-state index in [2.05, 4.69) is 6.07 Å². The maximum Gasteiger partial charge on any atom is 0.253 e. The second-order valence-electron chi connectivity index (χ2n) is 5.14. The van der Waals surface area contributed by atoms with Gasteiger partial charge >= 0.3 is 0 Å². The number of nitrogens with zero attached hydrogens (tertiary/aromatic N) is 1. The molecule has 0 unspecified atom stereocenters. The Morgan fingerprint density at radius 1 is 1.05 bits per heavy atom. The van der Waals surface area contributed by atoms with Crippen molar-refractivity contribution in [3.05, 3.63) is 48.0 Å². The van der Waals surface area contributed by atoms with E-state index in [1.807, 2.05) is 43.4 Å². The molecular formula is C17H22N2O. The molecule has 20 heavy (non-hydrogen) atoms. The van der Waals surface area contributed by atoms with Gasteiger partial charge in [0, 0.05) is 19.2 Å². The van der Waals surface area contributed by atoms with Crippen molar-refractivity contribution < 1.29 is 4.79 Å². The number of hydrogen-bond donors (Lipinski definition) is 1. The van der Waals surface area contributed by atoms with Crippen molar-refractivity contribution in [3.63, 3.8) is 0 Å². The van der Waals surface area contributed by atoms with Crippen molar-refractivity contribution in [3.8, 4) is 0 Å². The van der Waals surface area contributed by atoms with E-state index >= 15 is 0 Å². The van der Waals surface area contributed by atoms with E-state index in [4.69, 9.17) is 5.73 Å². The van der Waals surface area contributed by atoms with Gasteiger partial charge in [0.25, 0.3) is 5.91 Å². The van der Waals surface area contributed by atoms with Gasteiger partial charge in [-0.25, -0.2) is 0 Å². The molecule has 2 rings (SSSR count). The Balaban J connectivity index is 2.02. The lowest BCUT2D eigenvalue weighted by molar-refractivity contribution is 0.0793. The van der Waals surface area contributed by atoms with E-state index in [-0.39, 0.29) is 5.91 Å². The number of amides is 1. The Kier molecular flexibility index (Phi) is 5.13. The number of benzene rings is 2. The minimum atomic E-state index is 0.0866. The highest BCUT2D eigenvalue weighted by Gasteiger charge is 2.11. The second kappa shape index (κ2) is 7.06. The summed E-state index contributed by atoms with van der Waals surface area (Å²) in [4.78, 5) is 14.1. The first-order chi connectivity index (χ1) is 9.72. The van der Waals surface area contributed by atoms with Crippen LogP contribution in [0.1, 0.15) is 29.6 Å². The topological polar surface area (TPSA) is 46.3 Å². The minimum absolute atomic E-state index is 0.0866. The van der Waals surface area contributed by atoms with Crippen LogP contribution < -0.4 is 5.73 Å². The maximum atomic E-state index is 12.4. The van der Waals surface area contributed by atoms with Crippen molar-refractivity contribution in [2.75, 3.05) is 20.1 Å². The molecule has 3 nitrogen and oxygen atoms in total. The first-order valence-corrected chi connectivity index (χ1v) is 7.16. The van der Waals surface area contributed by atoms with E-state index in [1.165, 1.54) is 0 Å². The zero-order valence-electron chi connectivity index (χ0n) is 12.0. The Bertz CT molecular complexity index is 580. The molecule has 0 aliphatic heterocycles. The van der Waals surface area contributed by atoms with Crippen LogP contribution in [0.25, 0.3) is 10.8 Å².